The molecule has 0 amide bonds. The number of hydrogen-bond donors (Lipinski definition) is 1. The van der Waals surface area contributed by atoms with E-state index in [4.69, 9.17) is 33.8 Å². The van der Waals surface area contributed by atoms with Gasteiger partial charge in [0.1, 0.15) is 4.88 Å². The van der Waals surface area contributed by atoms with E-state index in [0.717, 1.165) is 11.3 Å². The number of aromatic carboxylic acids is 1. The van der Waals surface area contributed by atoms with E-state index in [9.17, 15) is 4.79 Å². The Morgan fingerprint density at radius 3 is 2.58 bits per heavy atom. The Morgan fingerprint density at radius 2 is 2.05 bits per heavy atom. The highest BCUT2D eigenvalue weighted by molar-refractivity contribution is 7.17. The van der Waals surface area contributed by atoms with Gasteiger partial charge in [-0.15, -0.1) is 11.3 Å². The Kier molecular flexibility index (Phi) is 3.92. The summed E-state index contributed by atoms with van der Waals surface area (Å²) in [5, 5.41) is 13.0. The maximum Gasteiger partial charge on any atom is 0.348 e. The molecule has 0 fully saturated rings. The van der Waals surface area contributed by atoms with E-state index in [2.05, 4.69) is 15.0 Å². The lowest BCUT2D eigenvalue weighted by atomic mass is 10.1. The predicted molar refractivity (Wildman–Crippen MR) is 73.3 cm³/mol. The number of rotatable bonds is 3. The Morgan fingerprint density at radius 1 is 1.42 bits per heavy atom. The van der Waals surface area contributed by atoms with Crippen molar-refractivity contribution in [2.24, 2.45) is 5.11 Å². The molecular formula is C10H4Cl2N4O2S. The van der Waals surface area contributed by atoms with Gasteiger partial charge in [0.2, 0.25) is 0 Å². The van der Waals surface area contributed by atoms with Gasteiger partial charge in [0, 0.05) is 10.5 Å². The van der Waals surface area contributed by atoms with E-state index in [1.807, 2.05) is 0 Å². The monoisotopic (exact) mass is 314 g/mol. The first kappa shape index (κ1) is 13.6. The van der Waals surface area contributed by atoms with Crippen molar-refractivity contribution in [3.05, 3.63) is 43.6 Å². The second kappa shape index (κ2) is 5.46. The molecule has 0 bridgehead atoms. The van der Waals surface area contributed by atoms with Gasteiger partial charge in [0.05, 0.1) is 15.7 Å². The maximum atomic E-state index is 11.2. The van der Waals surface area contributed by atoms with Crippen LogP contribution in [0.4, 0.5) is 5.13 Å². The Balaban J connectivity index is 2.74. The van der Waals surface area contributed by atoms with Crippen molar-refractivity contribution in [1.82, 2.24) is 4.98 Å². The molecule has 0 aliphatic carbocycles. The summed E-state index contributed by atoms with van der Waals surface area (Å²) in [7, 11) is 0. The van der Waals surface area contributed by atoms with Crippen LogP contribution in [0.2, 0.25) is 10.0 Å². The second-order valence-corrected chi connectivity index (χ2v) is 5.06. The van der Waals surface area contributed by atoms with Crippen molar-refractivity contribution in [3.8, 4) is 11.3 Å². The molecule has 96 valence electrons. The predicted octanol–water partition coefficient (Wildman–Crippen LogP) is 4.76. The molecule has 2 rings (SSSR count). The number of carboxylic acids is 1. The largest absolute Gasteiger partial charge is 0.477 e. The summed E-state index contributed by atoms with van der Waals surface area (Å²) in [6.07, 6.45) is 0. The molecule has 0 atom stereocenters. The summed E-state index contributed by atoms with van der Waals surface area (Å²) in [4.78, 5) is 17.6. The van der Waals surface area contributed by atoms with Gasteiger partial charge in [-0.25, -0.2) is 9.78 Å². The molecule has 2 aromatic rings. The fourth-order valence-electron chi connectivity index (χ4n) is 1.43. The third kappa shape index (κ3) is 2.64. The zero-order chi connectivity index (χ0) is 14.0. The van der Waals surface area contributed by atoms with Crippen LogP contribution in [0.15, 0.2) is 23.3 Å². The minimum absolute atomic E-state index is 0.00844. The zero-order valence-electron chi connectivity index (χ0n) is 9.04. The highest BCUT2D eigenvalue weighted by Crippen LogP contribution is 2.40. The number of azide groups is 1. The second-order valence-electron chi connectivity index (χ2n) is 3.27. The van der Waals surface area contributed by atoms with Crippen molar-refractivity contribution in [3.63, 3.8) is 0 Å². The average Bonchev–Trinajstić information content (AvgIpc) is 2.73. The van der Waals surface area contributed by atoms with E-state index < -0.39 is 5.97 Å². The summed E-state index contributed by atoms with van der Waals surface area (Å²) in [6, 6.07) is 4.78. The third-order valence-electron chi connectivity index (χ3n) is 2.14. The van der Waals surface area contributed by atoms with Gasteiger partial charge in [-0.3, -0.25) is 0 Å². The first-order valence-electron chi connectivity index (χ1n) is 4.78. The molecule has 0 aliphatic heterocycles. The van der Waals surface area contributed by atoms with Gasteiger partial charge in [0.15, 0.2) is 5.13 Å². The van der Waals surface area contributed by atoms with Crippen molar-refractivity contribution >= 4 is 45.6 Å². The van der Waals surface area contributed by atoms with Crippen molar-refractivity contribution in [2.75, 3.05) is 0 Å². The molecular weight excluding hydrogens is 311 g/mol. The highest BCUT2D eigenvalue weighted by Gasteiger charge is 2.22. The first-order chi connectivity index (χ1) is 9.04. The minimum Gasteiger partial charge on any atom is -0.477 e. The molecule has 0 spiro atoms. The molecule has 0 saturated heterocycles. The molecule has 0 aliphatic rings. The lowest BCUT2D eigenvalue weighted by Gasteiger charge is -2.04. The molecule has 0 saturated carbocycles. The van der Waals surface area contributed by atoms with E-state index in [0.29, 0.717) is 5.56 Å². The number of hydrogen-bond acceptors (Lipinski definition) is 4. The van der Waals surface area contributed by atoms with Gasteiger partial charge in [-0.2, -0.15) is 0 Å². The van der Waals surface area contributed by atoms with Gasteiger partial charge >= 0.3 is 5.97 Å². The summed E-state index contributed by atoms with van der Waals surface area (Å²) >= 11 is 12.8. The normalized spacial score (nSPS) is 10.0. The van der Waals surface area contributed by atoms with Crippen molar-refractivity contribution in [1.29, 1.82) is 0 Å². The van der Waals surface area contributed by atoms with Crippen LogP contribution in [0.5, 0.6) is 0 Å². The van der Waals surface area contributed by atoms with Crippen LogP contribution in [0.25, 0.3) is 21.7 Å². The van der Waals surface area contributed by atoms with Gasteiger partial charge < -0.3 is 5.11 Å². The summed E-state index contributed by atoms with van der Waals surface area (Å²) < 4.78 is 0. The number of aromatic nitrogens is 1. The van der Waals surface area contributed by atoms with E-state index in [1.165, 1.54) is 0 Å². The SMILES string of the molecule is [N-]=[N+]=Nc1nc(-c2c(Cl)cccc2Cl)c(C(=O)O)s1. The van der Waals surface area contributed by atoms with E-state index in [1.54, 1.807) is 18.2 Å². The van der Waals surface area contributed by atoms with Crippen LogP contribution in [0.1, 0.15) is 9.67 Å². The number of carbonyl (C=O) groups is 1. The van der Waals surface area contributed by atoms with Crippen LogP contribution in [0.3, 0.4) is 0 Å². The molecule has 19 heavy (non-hydrogen) atoms. The molecule has 9 heteroatoms. The molecule has 1 heterocycles. The van der Waals surface area contributed by atoms with Gasteiger partial charge in [0.25, 0.3) is 0 Å². The maximum absolute atomic E-state index is 11.2. The molecule has 0 radical (unpaired) electrons. The van der Waals surface area contributed by atoms with Crippen LogP contribution >= 0.6 is 34.5 Å². The van der Waals surface area contributed by atoms with Crippen LogP contribution in [0, 0.1) is 0 Å². The topological polar surface area (TPSA) is 99.0 Å². The van der Waals surface area contributed by atoms with Crippen LogP contribution in [-0.2, 0) is 0 Å². The minimum atomic E-state index is -1.19. The average molecular weight is 315 g/mol. The molecule has 1 N–H and O–H groups in total. The number of halogens is 2. The zero-order valence-corrected chi connectivity index (χ0v) is 11.4. The number of nitrogens with zero attached hydrogens (tertiary/aromatic N) is 4. The van der Waals surface area contributed by atoms with Gasteiger partial charge in [-0.05, 0) is 22.8 Å². The quantitative estimate of drug-likeness (QED) is 0.502. The lowest BCUT2D eigenvalue weighted by Crippen LogP contribution is -1.96. The van der Waals surface area contributed by atoms with Gasteiger partial charge in [-0.1, -0.05) is 29.3 Å². The molecule has 0 unspecified atom stereocenters. The number of thiazole rings is 1. The van der Waals surface area contributed by atoms with E-state index in [-0.39, 0.29) is 25.7 Å². The Hall–Kier alpha value is -1.79. The first-order valence-corrected chi connectivity index (χ1v) is 6.35. The van der Waals surface area contributed by atoms with Crippen LogP contribution < -0.4 is 0 Å². The number of carboxylic acid groups (broad SMARTS) is 1. The Bertz CT molecular complexity index is 689. The third-order valence-corrected chi connectivity index (χ3v) is 3.70. The fourth-order valence-corrected chi connectivity index (χ4v) is 2.73. The van der Waals surface area contributed by atoms with Crippen molar-refractivity contribution < 1.29 is 9.90 Å². The fraction of sp³-hybridized carbons (Fsp3) is 0. The van der Waals surface area contributed by atoms with Crippen molar-refractivity contribution in [2.45, 2.75) is 0 Å². The summed E-state index contributed by atoms with van der Waals surface area (Å²) in [5.74, 6) is -1.19. The van der Waals surface area contributed by atoms with E-state index >= 15 is 0 Å². The molecule has 1 aromatic heterocycles. The lowest BCUT2D eigenvalue weighted by molar-refractivity contribution is 0.0702. The highest BCUT2D eigenvalue weighted by atomic mass is 35.5. The summed E-state index contributed by atoms with van der Waals surface area (Å²) in [6.45, 7) is 0. The number of benzene rings is 1. The molecule has 6 nitrogen and oxygen atoms in total. The standard InChI is InChI=1S/C10H4Cl2N4O2S/c11-4-2-1-3-5(12)6(4)7-8(9(17)18)19-10(14-7)15-16-13/h1-3H,(H,17,18). The Labute approximate surface area is 120 Å². The van der Waals surface area contributed by atoms with Crippen LogP contribution in [-0.4, -0.2) is 16.1 Å². The molecule has 1 aromatic carbocycles. The smallest absolute Gasteiger partial charge is 0.348 e. The summed E-state index contributed by atoms with van der Waals surface area (Å²) in [5.41, 5.74) is 8.76.